The molecule has 0 aliphatic heterocycles. The van der Waals surface area contributed by atoms with Gasteiger partial charge in [0.05, 0.1) is 0 Å². The highest BCUT2D eigenvalue weighted by Gasteiger charge is 2.17. The number of hydrazine groups is 1. The molecule has 1 rings (SSSR count). The molecule has 0 radical (unpaired) electrons. The summed E-state index contributed by atoms with van der Waals surface area (Å²) in [5, 5.41) is 0.253. The number of hydrogen-bond acceptors (Lipinski definition) is 4. The molecule has 5 nitrogen and oxygen atoms in total. The van der Waals surface area contributed by atoms with Gasteiger partial charge in [-0.15, -0.1) is 4.83 Å². The average Bonchev–Trinajstić information content (AvgIpc) is 2.15. The van der Waals surface area contributed by atoms with Crippen LogP contribution in [0.25, 0.3) is 0 Å². The first-order valence-corrected chi connectivity index (χ1v) is 6.47. The number of halogens is 1. The molecule has 0 aliphatic carbocycles. The van der Waals surface area contributed by atoms with E-state index in [2.05, 4.69) is 15.2 Å². The molecule has 0 bridgehead atoms. The summed E-state index contributed by atoms with van der Waals surface area (Å²) in [7, 11) is -3.59. The Morgan fingerprint density at radius 3 is 2.38 bits per heavy atom. The lowest BCUT2D eigenvalue weighted by atomic mass is 10.1. The van der Waals surface area contributed by atoms with E-state index in [0.29, 0.717) is 0 Å². The van der Waals surface area contributed by atoms with Crippen LogP contribution in [0.2, 0.25) is 5.15 Å². The Balaban J connectivity index is 2.83. The van der Waals surface area contributed by atoms with Crippen LogP contribution in [0.3, 0.4) is 0 Å². The van der Waals surface area contributed by atoms with E-state index in [-0.39, 0.29) is 15.6 Å². The largest absolute Gasteiger partial charge is 0.254 e. The molecule has 90 valence electrons. The second kappa shape index (κ2) is 4.67. The summed E-state index contributed by atoms with van der Waals surface area (Å²) in [4.78, 5) is 6.05. The van der Waals surface area contributed by atoms with Crippen molar-refractivity contribution in [3.05, 3.63) is 23.5 Å². The van der Waals surface area contributed by atoms with Crippen LogP contribution < -0.4 is 10.3 Å². The van der Waals surface area contributed by atoms with Gasteiger partial charge in [-0.1, -0.05) is 11.6 Å². The number of hydrogen-bond donors (Lipinski definition) is 2. The van der Waals surface area contributed by atoms with Crippen LogP contribution >= 0.6 is 11.6 Å². The van der Waals surface area contributed by atoms with E-state index < -0.39 is 10.0 Å². The van der Waals surface area contributed by atoms with Crippen molar-refractivity contribution in [2.75, 3.05) is 0 Å². The lowest BCUT2D eigenvalue weighted by Gasteiger charge is -2.20. The third-order valence-electron chi connectivity index (χ3n) is 1.57. The monoisotopic (exact) mass is 263 g/mol. The summed E-state index contributed by atoms with van der Waals surface area (Å²) in [6.07, 6.45) is 1.20. The second-order valence-electron chi connectivity index (χ2n) is 4.30. The van der Waals surface area contributed by atoms with E-state index in [0.717, 1.165) is 0 Å². The Bertz CT molecular complexity index is 451. The van der Waals surface area contributed by atoms with Crippen molar-refractivity contribution in [1.29, 1.82) is 0 Å². The zero-order chi connectivity index (χ0) is 12.4. The van der Waals surface area contributed by atoms with Crippen molar-refractivity contribution >= 4 is 21.6 Å². The van der Waals surface area contributed by atoms with E-state index in [1.165, 1.54) is 18.3 Å². The molecule has 0 unspecified atom stereocenters. The van der Waals surface area contributed by atoms with Gasteiger partial charge >= 0.3 is 0 Å². The highest BCUT2D eigenvalue weighted by molar-refractivity contribution is 7.89. The van der Waals surface area contributed by atoms with Crippen LogP contribution in [0.4, 0.5) is 0 Å². The molecule has 0 spiro atoms. The highest BCUT2D eigenvalue weighted by Crippen LogP contribution is 2.10. The fourth-order valence-corrected chi connectivity index (χ4v) is 1.91. The summed E-state index contributed by atoms with van der Waals surface area (Å²) in [5.74, 6) is 0. The van der Waals surface area contributed by atoms with Crippen molar-refractivity contribution in [3.8, 4) is 0 Å². The second-order valence-corrected chi connectivity index (χ2v) is 6.37. The van der Waals surface area contributed by atoms with E-state index in [4.69, 9.17) is 11.6 Å². The van der Waals surface area contributed by atoms with Crippen molar-refractivity contribution in [3.63, 3.8) is 0 Å². The first-order chi connectivity index (χ1) is 7.21. The topological polar surface area (TPSA) is 71.1 Å². The highest BCUT2D eigenvalue weighted by atomic mass is 35.5. The van der Waals surface area contributed by atoms with Gasteiger partial charge in [0.2, 0.25) is 0 Å². The first-order valence-electron chi connectivity index (χ1n) is 4.61. The van der Waals surface area contributed by atoms with Gasteiger partial charge in [-0.2, -0.15) is 0 Å². The smallest absolute Gasteiger partial charge is 0.243 e. The standard InChI is InChI=1S/C9H14ClN3O2S/c1-9(2,3)12-13-16(14,15)7-4-5-8(10)11-6-7/h4-6,12-13H,1-3H3. The molecule has 1 heterocycles. The summed E-state index contributed by atoms with van der Waals surface area (Å²) in [6.45, 7) is 5.53. The molecule has 0 amide bonds. The number of rotatable bonds is 3. The number of aromatic nitrogens is 1. The van der Waals surface area contributed by atoms with Gasteiger partial charge in [0.15, 0.2) is 0 Å². The van der Waals surface area contributed by atoms with Crippen molar-refractivity contribution in [2.24, 2.45) is 0 Å². The summed E-state index contributed by atoms with van der Waals surface area (Å²) in [5.41, 5.74) is 2.32. The molecular formula is C9H14ClN3O2S. The predicted molar refractivity (Wildman–Crippen MR) is 62.5 cm³/mol. The van der Waals surface area contributed by atoms with E-state index in [9.17, 15) is 8.42 Å². The minimum atomic E-state index is -3.59. The van der Waals surface area contributed by atoms with Crippen molar-refractivity contribution in [2.45, 2.75) is 31.2 Å². The average molecular weight is 264 g/mol. The number of pyridine rings is 1. The van der Waals surface area contributed by atoms with Gasteiger partial charge in [0.1, 0.15) is 10.0 Å². The minimum absolute atomic E-state index is 0.0636. The van der Waals surface area contributed by atoms with E-state index in [1.54, 1.807) is 0 Å². The zero-order valence-corrected chi connectivity index (χ0v) is 10.9. The normalized spacial score (nSPS) is 12.8. The van der Waals surface area contributed by atoms with Gasteiger partial charge in [-0.05, 0) is 32.9 Å². The molecule has 16 heavy (non-hydrogen) atoms. The Hall–Kier alpha value is -0.690. The van der Waals surface area contributed by atoms with Crippen LogP contribution in [-0.2, 0) is 10.0 Å². The van der Waals surface area contributed by atoms with Crippen LogP contribution in [0.15, 0.2) is 23.2 Å². The maximum absolute atomic E-state index is 11.7. The Labute approximate surface area is 100 Å². The summed E-state index contributed by atoms with van der Waals surface area (Å²) in [6, 6.07) is 2.81. The van der Waals surface area contributed by atoms with Crippen LogP contribution in [0, 0.1) is 0 Å². The van der Waals surface area contributed by atoms with Gasteiger partial charge in [-0.25, -0.2) is 18.8 Å². The molecule has 7 heteroatoms. The quantitative estimate of drug-likeness (QED) is 0.637. The molecule has 0 fully saturated rings. The number of nitrogens with one attached hydrogen (secondary N) is 2. The third-order valence-corrected chi connectivity index (χ3v) is 3.03. The lowest BCUT2D eigenvalue weighted by Crippen LogP contribution is -2.48. The lowest BCUT2D eigenvalue weighted by molar-refractivity contribution is 0.402. The number of nitrogens with zero attached hydrogens (tertiary/aromatic N) is 1. The Kier molecular flexibility index (Phi) is 3.90. The summed E-state index contributed by atoms with van der Waals surface area (Å²) >= 11 is 5.57. The third kappa shape index (κ3) is 4.05. The van der Waals surface area contributed by atoms with Crippen LogP contribution in [-0.4, -0.2) is 18.9 Å². The molecule has 0 aromatic carbocycles. The van der Waals surface area contributed by atoms with Crippen molar-refractivity contribution < 1.29 is 8.42 Å². The van der Waals surface area contributed by atoms with Gasteiger partial charge in [0, 0.05) is 11.7 Å². The SMILES string of the molecule is CC(C)(C)NNS(=O)(=O)c1ccc(Cl)nc1. The van der Waals surface area contributed by atoms with Gasteiger partial charge in [-0.3, -0.25) is 0 Å². The fourth-order valence-electron chi connectivity index (χ4n) is 0.800. The summed E-state index contributed by atoms with van der Waals surface area (Å²) < 4.78 is 23.5. The van der Waals surface area contributed by atoms with Gasteiger partial charge < -0.3 is 0 Å². The first kappa shape index (κ1) is 13.4. The molecule has 0 atom stereocenters. The molecule has 0 saturated carbocycles. The van der Waals surface area contributed by atoms with Gasteiger partial charge in [0.25, 0.3) is 10.0 Å². The molecule has 1 aromatic heterocycles. The number of sulfonamides is 1. The van der Waals surface area contributed by atoms with E-state index in [1.807, 2.05) is 20.8 Å². The maximum atomic E-state index is 11.7. The Morgan fingerprint density at radius 1 is 1.31 bits per heavy atom. The molecule has 1 aromatic rings. The Morgan fingerprint density at radius 2 is 1.94 bits per heavy atom. The maximum Gasteiger partial charge on any atom is 0.254 e. The van der Waals surface area contributed by atoms with Crippen molar-refractivity contribution in [1.82, 2.24) is 15.2 Å². The minimum Gasteiger partial charge on any atom is -0.243 e. The predicted octanol–water partition coefficient (Wildman–Crippen LogP) is 1.32. The molecule has 0 aliphatic rings. The van der Waals surface area contributed by atoms with E-state index >= 15 is 0 Å². The van der Waals surface area contributed by atoms with Crippen LogP contribution in [0.1, 0.15) is 20.8 Å². The molecule has 0 saturated heterocycles. The molecular weight excluding hydrogens is 250 g/mol. The molecule has 2 N–H and O–H groups in total. The fraction of sp³-hybridized carbons (Fsp3) is 0.444. The zero-order valence-electron chi connectivity index (χ0n) is 9.28. The van der Waals surface area contributed by atoms with Crippen LogP contribution in [0.5, 0.6) is 0 Å².